The Hall–Kier alpha value is -1.89. The zero-order valence-corrected chi connectivity index (χ0v) is 20.8. The Labute approximate surface area is 218 Å². The number of hydrogen-bond acceptors (Lipinski definition) is 2. The normalized spacial score (nSPS) is 18.4. The van der Waals surface area contributed by atoms with Crippen molar-refractivity contribution < 1.29 is 18.4 Å². The summed E-state index contributed by atoms with van der Waals surface area (Å²) in [6.07, 6.45) is -0.409. The Kier molecular flexibility index (Phi) is 7.14. The van der Waals surface area contributed by atoms with Crippen LogP contribution in [0.3, 0.4) is 0 Å². The Morgan fingerprint density at radius 2 is 1.62 bits per heavy atom. The molecule has 1 aliphatic rings. The van der Waals surface area contributed by atoms with E-state index in [1.807, 2.05) is 0 Å². The summed E-state index contributed by atoms with van der Waals surface area (Å²) in [4.78, 5) is 25.7. The minimum Gasteiger partial charge on any atom is -0.326 e. The van der Waals surface area contributed by atoms with Crippen molar-refractivity contribution in [3.8, 4) is 0 Å². The number of hydrogen-bond donors (Lipinski definition) is 1. The lowest BCUT2D eigenvalue weighted by molar-refractivity contribution is -0.117. The van der Waals surface area contributed by atoms with Crippen LogP contribution < -0.4 is 5.32 Å². The van der Waals surface area contributed by atoms with Gasteiger partial charge in [-0.05, 0) is 53.6 Å². The monoisotopic (exact) mass is 561 g/mol. The van der Waals surface area contributed by atoms with Crippen LogP contribution in [0.2, 0.25) is 15.1 Å². The Morgan fingerprint density at radius 3 is 2.29 bits per heavy atom. The van der Waals surface area contributed by atoms with Gasteiger partial charge in [0.2, 0.25) is 5.91 Å². The molecule has 34 heavy (non-hydrogen) atoms. The van der Waals surface area contributed by atoms with Gasteiger partial charge in [-0.25, -0.2) is 8.78 Å². The predicted octanol–water partition coefficient (Wildman–Crippen LogP) is 7.88. The maximum Gasteiger partial charge on any atom is 0.231 e. The van der Waals surface area contributed by atoms with Crippen molar-refractivity contribution in [2.45, 2.75) is 16.7 Å². The molecule has 3 aromatic rings. The summed E-state index contributed by atoms with van der Waals surface area (Å²) in [6.45, 7) is 0. The fourth-order valence-electron chi connectivity index (χ4n) is 3.81. The number of carbonyl (C=O) groups excluding carboxylic acids is 2. The number of carbonyl (C=O) groups is 2. The van der Waals surface area contributed by atoms with E-state index in [1.54, 1.807) is 18.2 Å². The Balaban J connectivity index is 1.52. The summed E-state index contributed by atoms with van der Waals surface area (Å²) >= 11 is 31.0. The highest BCUT2D eigenvalue weighted by Gasteiger charge is 2.67. The van der Waals surface area contributed by atoms with E-state index in [0.29, 0.717) is 15.6 Å². The molecule has 4 rings (SSSR count). The van der Waals surface area contributed by atoms with Crippen LogP contribution in [-0.4, -0.2) is 16.0 Å². The van der Waals surface area contributed by atoms with E-state index in [4.69, 9.17) is 58.0 Å². The number of alkyl halides is 2. The summed E-state index contributed by atoms with van der Waals surface area (Å²) < 4.78 is 26.1. The fraction of sp³-hybridized carbons (Fsp3) is 0.167. The molecule has 10 heteroatoms. The van der Waals surface area contributed by atoms with Gasteiger partial charge in [-0.1, -0.05) is 46.9 Å². The second-order valence-corrected chi connectivity index (χ2v) is 10.6. The topological polar surface area (TPSA) is 46.2 Å². The lowest BCUT2D eigenvalue weighted by Crippen LogP contribution is -2.17. The average molecular weight is 564 g/mol. The van der Waals surface area contributed by atoms with E-state index >= 15 is 0 Å². The number of amides is 1. The first-order valence-electron chi connectivity index (χ1n) is 9.89. The van der Waals surface area contributed by atoms with Crippen molar-refractivity contribution in [1.29, 1.82) is 0 Å². The average Bonchev–Trinajstić information content (AvgIpc) is 3.34. The molecule has 0 radical (unpaired) electrons. The minimum absolute atomic E-state index is 0.0418. The van der Waals surface area contributed by atoms with E-state index in [2.05, 4.69) is 5.32 Å². The Bertz CT molecular complexity index is 1290. The molecule has 0 bridgehead atoms. The van der Waals surface area contributed by atoms with E-state index in [9.17, 15) is 18.4 Å². The lowest BCUT2D eigenvalue weighted by atomic mass is 10.0. The number of halogens is 7. The largest absolute Gasteiger partial charge is 0.326 e. The number of benzene rings is 3. The maximum absolute atomic E-state index is 14.0. The Morgan fingerprint density at radius 1 is 0.941 bits per heavy atom. The van der Waals surface area contributed by atoms with Crippen LogP contribution in [0.25, 0.3) is 0 Å². The van der Waals surface area contributed by atoms with Gasteiger partial charge < -0.3 is 5.32 Å². The quantitative estimate of drug-likeness (QED) is 0.245. The van der Waals surface area contributed by atoms with Crippen LogP contribution in [0, 0.1) is 17.6 Å². The molecule has 3 nitrogen and oxygen atoms in total. The second-order valence-electron chi connectivity index (χ2n) is 7.83. The summed E-state index contributed by atoms with van der Waals surface area (Å²) in [5.74, 6) is -4.53. The maximum atomic E-state index is 14.0. The molecular weight excluding hydrogens is 550 g/mol. The predicted molar refractivity (Wildman–Crippen MR) is 132 cm³/mol. The molecule has 1 N–H and O–H groups in total. The molecular formula is C24H14Cl5F2NO2. The summed E-state index contributed by atoms with van der Waals surface area (Å²) in [7, 11) is 0. The molecule has 2 unspecified atom stereocenters. The molecule has 3 aromatic carbocycles. The SMILES string of the molecule is O=C(Cc1cccc(F)c1F)c1cc(NC(=O)C2C(c3cc(Cl)cc(Cl)c3)C2(Cl)Cl)ccc1Cl. The van der Waals surface area contributed by atoms with Crippen molar-refractivity contribution in [3.63, 3.8) is 0 Å². The third kappa shape index (κ3) is 5.05. The number of rotatable bonds is 6. The molecule has 1 aliphatic carbocycles. The van der Waals surface area contributed by atoms with Crippen molar-refractivity contribution >= 4 is 75.4 Å². The summed E-state index contributed by atoms with van der Waals surface area (Å²) in [5, 5.41) is 3.54. The molecule has 0 aliphatic heterocycles. The molecule has 0 spiro atoms. The van der Waals surface area contributed by atoms with E-state index in [-0.39, 0.29) is 21.8 Å². The van der Waals surface area contributed by atoms with E-state index in [1.165, 1.54) is 30.3 Å². The fourth-order valence-corrected chi connectivity index (χ4v) is 5.41. The standard InChI is InChI=1S/C24H14Cl5F2NO2/c25-13-6-12(7-14(26)9-13)20-21(24(20,28)29)23(34)32-15-4-5-17(27)16(10-15)19(33)8-11-2-1-3-18(30)22(11)31/h1-7,9-10,20-21H,8H2,(H,32,34). The van der Waals surface area contributed by atoms with Crippen molar-refractivity contribution in [2.24, 2.45) is 5.92 Å². The number of Topliss-reactive ketones (excluding diaryl/α,β-unsaturated/α-hetero) is 1. The van der Waals surface area contributed by atoms with Gasteiger partial charge in [0.1, 0.15) is 4.33 Å². The van der Waals surface area contributed by atoms with Gasteiger partial charge in [-0.3, -0.25) is 9.59 Å². The van der Waals surface area contributed by atoms with Crippen LogP contribution in [0.1, 0.15) is 27.4 Å². The molecule has 2 atom stereocenters. The summed E-state index contributed by atoms with van der Waals surface area (Å²) in [5.41, 5.74) is 0.814. The van der Waals surface area contributed by atoms with Gasteiger partial charge >= 0.3 is 0 Å². The van der Waals surface area contributed by atoms with Crippen LogP contribution >= 0.6 is 58.0 Å². The molecule has 1 saturated carbocycles. The zero-order valence-electron chi connectivity index (χ0n) is 17.0. The third-order valence-corrected chi connectivity index (χ3v) is 7.20. The van der Waals surface area contributed by atoms with Crippen molar-refractivity contribution in [1.82, 2.24) is 0 Å². The van der Waals surface area contributed by atoms with Gasteiger partial charge in [-0.2, -0.15) is 0 Å². The van der Waals surface area contributed by atoms with Gasteiger partial charge in [0.05, 0.1) is 10.9 Å². The van der Waals surface area contributed by atoms with Crippen LogP contribution in [0.15, 0.2) is 54.6 Å². The first-order chi connectivity index (χ1) is 16.0. The van der Waals surface area contributed by atoms with Gasteiger partial charge in [0.25, 0.3) is 0 Å². The molecule has 1 amide bonds. The summed E-state index contributed by atoms with van der Waals surface area (Å²) in [6, 6.07) is 12.7. The van der Waals surface area contributed by atoms with Crippen LogP contribution in [0.5, 0.6) is 0 Å². The lowest BCUT2D eigenvalue weighted by Gasteiger charge is -2.10. The first-order valence-corrected chi connectivity index (χ1v) is 11.8. The molecule has 0 heterocycles. The van der Waals surface area contributed by atoms with Crippen LogP contribution in [0.4, 0.5) is 14.5 Å². The van der Waals surface area contributed by atoms with Crippen LogP contribution in [-0.2, 0) is 11.2 Å². The highest BCUT2D eigenvalue weighted by atomic mass is 35.5. The van der Waals surface area contributed by atoms with Gasteiger partial charge in [-0.15, -0.1) is 23.2 Å². The molecule has 1 fully saturated rings. The smallest absolute Gasteiger partial charge is 0.231 e. The van der Waals surface area contributed by atoms with E-state index < -0.39 is 45.9 Å². The second kappa shape index (κ2) is 9.63. The number of anilines is 1. The highest BCUT2D eigenvalue weighted by Crippen LogP contribution is 2.65. The minimum atomic E-state index is -1.38. The third-order valence-electron chi connectivity index (χ3n) is 5.50. The van der Waals surface area contributed by atoms with E-state index in [0.717, 1.165) is 6.07 Å². The number of nitrogens with one attached hydrogen (secondary N) is 1. The first kappa shape index (κ1) is 25.2. The van der Waals surface area contributed by atoms with Gasteiger partial charge in [0, 0.05) is 33.6 Å². The molecule has 0 saturated heterocycles. The van der Waals surface area contributed by atoms with Crippen molar-refractivity contribution in [3.05, 3.63) is 98.0 Å². The highest BCUT2D eigenvalue weighted by molar-refractivity contribution is 6.53. The van der Waals surface area contributed by atoms with Crippen molar-refractivity contribution in [2.75, 3.05) is 5.32 Å². The van der Waals surface area contributed by atoms with Gasteiger partial charge in [0.15, 0.2) is 17.4 Å². The zero-order chi connectivity index (χ0) is 24.8. The molecule has 0 aromatic heterocycles. The molecule has 176 valence electrons. The number of ketones is 1.